The van der Waals surface area contributed by atoms with Crippen LogP contribution >= 0.6 is 0 Å². The van der Waals surface area contributed by atoms with Gasteiger partial charge in [0.2, 0.25) is 5.91 Å². The average Bonchev–Trinajstić information content (AvgIpc) is 2.52. The van der Waals surface area contributed by atoms with Crippen LogP contribution in [0.3, 0.4) is 0 Å². The third kappa shape index (κ3) is 3.11. The summed E-state index contributed by atoms with van der Waals surface area (Å²) in [6, 6.07) is 3.58. The van der Waals surface area contributed by atoms with E-state index >= 15 is 0 Å². The van der Waals surface area contributed by atoms with Crippen LogP contribution in [-0.2, 0) is 11.3 Å². The van der Waals surface area contributed by atoms with E-state index in [9.17, 15) is 9.90 Å². The van der Waals surface area contributed by atoms with Crippen molar-refractivity contribution < 1.29 is 9.90 Å². The largest absolute Gasteiger partial charge is 0.394 e. The Morgan fingerprint density at radius 1 is 1.53 bits per heavy atom. The predicted molar refractivity (Wildman–Crippen MR) is 72.4 cm³/mol. The van der Waals surface area contributed by atoms with Crippen molar-refractivity contribution in [2.45, 2.75) is 32.0 Å². The SMILES string of the molecule is CC1CCN(C)C(CO)C(=O)N1Cc1cccnc1. The van der Waals surface area contributed by atoms with Crippen molar-refractivity contribution in [1.29, 1.82) is 0 Å². The highest BCUT2D eigenvalue weighted by Gasteiger charge is 2.33. The van der Waals surface area contributed by atoms with Crippen molar-refractivity contribution in [2.75, 3.05) is 20.2 Å². The topological polar surface area (TPSA) is 56.7 Å². The van der Waals surface area contributed by atoms with Crippen LogP contribution < -0.4 is 0 Å². The molecule has 1 fully saturated rings. The van der Waals surface area contributed by atoms with E-state index in [1.807, 2.05) is 29.0 Å². The van der Waals surface area contributed by atoms with Gasteiger partial charge in [-0.3, -0.25) is 14.7 Å². The highest BCUT2D eigenvalue weighted by atomic mass is 16.3. The number of aliphatic hydroxyl groups excluding tert-OH is 1. The number of carbonyl (C=O) groups excluding carboxylic acids is 1. The van der Waals surface area contributed by atoms with Crippen LogP contribution in [0.4, 0.5) is 0 Å². The van der Waals surface area contributed by atoms with E-state index in [4.69, 9.17) is 0 Å². The molecule has 0 bridgehead atoms. The Kier molecular flexibility index (Phi) is 4.50. The molecule has 1 saturated heterocycles. The molecule has 1 aliphatic rings. The maximum atomic E-state index is 12.5. The fraction of sp³-hybridized carbons (Fsp3) is 0.571. The van der Waals surface area contributed by atoms with E-state index in [0.29, 0.717) is 6.54 Å². The number of aliphatic hydroxyl groups is 1. The summed E-state index contributed by atoms with van der Waals surface area (Å²) in [4.78, 5) is 20.4. The Morgan fingerprint density at radius 2 is 2.32 bits per heavy atom. The highest BCUT2D eigenvalue weighted by molar-refractivity contribution is 5.82. The quantitative estimate of drug-likeness (QED) is 0.862. The van der Waals surface area contributed by atoms with Crippen molar-refractivity contribution in [1.82, 2.24) is 14.8 Å². The van der Waals surface area contributed by atoms with Crippen LogP contribution in [0.2, 0.25) is 0 Å². The van der Waals surface area contributed by atoms with Gasteiger partial charge in [-0.2, -0.15) is 0 Å². The molecule has 2 heterocycles. The fourth-order valence-corrected chi connectivity index (χ4v) is 2.44. The van der Waals surface area contributed by atoms with Gasteiger partial charge in [0.25, 0.3) is 0 Å². The van der Waals surface area contributed by atoms with E-state index in [2.05, 4.69) is 11.9 Å². The minimum absolute atomic E-state index is 0.00106. The van der Waals surface area contributed by atoms with Crippen LogP contribution in [0, 0.1) is 0 Å². The number of hydrogen-bond acceptors (Lipinski definition) is 4. The van der Waals surface area contributed by atoms with Crippen LogP contribution in [0.1, 0.15) is 18.9 Å². The van der Waals surface area contributed by atoms with Gasteiger partial charge >= 0.3 is 0 Å². The number of hydrogen-bond donors (Lipinski definition) is 1. The first kappa shape index (κ1) is 14.0. The zero-order valence-electron chi connectivity index (χ0n) is 11.5. The molecule has 104 valence electrons. The molecule has 2 unspecified atom stereocenters. The molecule has 1 aromatic heterocycles. The summed E-state index contributed by atoms with van der Waals surface area (Å²) in [7, 11) is 1.89. The number of rotatable bonds is 3. The maximum absolute atomic E-state index is 12.5. The number of nitrogens with zero attached hydrogens (tertiary/aromatic N) is 3. The molecule has 2 atom stereocenters. The Bertz CT molecular complexity index is 424. The van der Waals surface area contributed by atoms with Gasteiger partial charge in [-0.25, -0.2) is 0 Å². The molecule has 1 aromatic rings. The third-order valence-electron chi connectivity index (χ3n) is 3.78. The van der Waals surface area contributed by atoms with Crippen LogP contribution in [0.5, 0.6) is 0 Å². The second-order valence-electron chi connectivity index (χ2n) is 5.14. The van der Waals surface area contributed by atoms with Gasteiger partial charge in [-0.15, -0.1) is 0 Å². The molecule has 0 aromatic carbocycles. The zero-order chi connectivity index (χ0) is 13.8. The zero-order valence-corrected chi connectivity index (χ0v) is 11.5. The standard InChI is InChI=1S/C14H21N3O2/c1-11-5-7-16(2)13(10-18)14(19)17(11)9-12-4-3-6-15-8-12/h3-4,6,8,11,13,18H,5,7,9-10H2,1-2H3. The number of amides is 1. The summed E-state index contributed by atoms with van der Waals surface area (Å²) in [5.41, 5.74) is 1.02. The van der Waals surface area contributed by atoms with Crippen LogP contribution in [0.25, 0.3) is 0 Å². The number of aromatic nitrogens is 1. The van der Waals surface area contributed by atoms with Gasteiger partial charge in [-0.05, 0) is 32.0 Å². The van der Waals surface area contributed by atoms with Gasteiger partial charge in [0.05, 0.1) is 6.61 Å². The summed E-state index contributed by atoms with van der Waals surface area (Å²) in [5, 5.41) is 9.43. The lowest BCUT2D eigenvalue weighted by Gasteiger charge is -2.29. The fourth-order valence-electron chi connectivity index (χ4n) is 2.44. The Morgan fingerprint density at radius 3 is 2.95 bits per heavy atom. The highest BCUT2D eigenvalue weighted by Crippen LogP contribution is 2.18. The summed E-state index contributed by atoms with van der Waals surface area (Å²) >= 11 is 0. The lowest BCUT2D eigenvalue weighted by atomic mass is 10.1. The Labute approximate surface area is 113 Å². The van der Waals surface area contributed by atoms with Crippen molar-refractivity contribution in [3.8, 4) is 0 Å². The Balaban J connectivity index is 2.18. The third-order valence-corrected chi connectivity index (χ3v) is 3.78. The minimum atomic E-state index is -0.429. The van der Waals surface area contributed by atoms with Crippen molar-refractivity contribution in [3.05, 3.63) is 30.1 Å². The molecule has 1 N–H and O–H groups in total. The summed E-state index contributed by atoms with van der Waals surface area (Å²) in [5.74, 6) is -0.00106. The second-order valence-corrected chi connectivity index (χ2v) is 5.14. The van der Waals surface area contributed by atoms with Crippen molar-refractivity contribution in [2.24, 2.45) is 0 Å². The number of carbonyl (C=O) groups is 1. The molecule has 1 amide bonds. The first-order valence-electron chi connectivity index (χ1n) is 6.64. The molecular weight excluding hydrogens is 242 g/mol. The average molecular weight is 263 g/mol. The van der Waals surface area contributed by atoms with Crippen molar-refractivity contribution >= 4 is 5.91 Å². The molecule has 1 aliphatic heterocycles. The first-order valence-corrected chi connectivity index (χ1v) is 6.64. The molecule has 0 radical (unpaired) electrons. The second kappa shape index (κ2) is 6.12. The van der Waals surface area contributed by atoms with E-state index < -0.39 is 6.04 Å². The maximum Gasteiger partial charge on any atom is 0.242 e. The summed E-state index contributed by atoms with van der Waals surface area (Å²) in [6.45, 7) is 3.30. The minimum Gasteiger partial charge on any atom is -0.394 e. The van der Waals surface area contributed by atoms with Gasteiger partial charge in [0, 0.05) is 31.5 Å². The van der Waals surface area contributed by atoms with Crippen LogP contribution in [-0.4, -0.2) is 58.1 Å². The number of pyridine rings is 1. The lowest BCUT2D eigenvalue weighted by molar-refractivity contribution is -0.138. The van der Waals surface area contributed by atoms with E-state index in [1.54, 1.807) is 12.4 Å². The molecule has 0 spiro atoms. The predicted octanol–water partition coefficient (Wildman–Crippen LogP) is 0.495. The molecular formula is C14H21N3O2. The smallest absolute Gasteiger partial charge is 0.242 e. The lowest BCUT2D eigenvalue weighted by Crippen LogP contribution is -2.47. The Hall–Kier alpha value is -1.46. The van der Waals surface area contributed by atoms with Gasteiger partial charge in [0.15, 0.2) is 0 Å². The van der Waals surface area contributed by atoms with Gasteiger partial charge in [-0.1, -0.05) is 6.07 Å². The summed E-state index contributed by atoms with van der Waals surface area (Å²) < 4.78 is 0. The van der Waals surface area contributed by atoms with Gasteiger partial charge < -0.3 is 10.0 Å². The van der Waals surface area contributed by atoms with Crippen LogP contribution in [0.15, 0.2) is 24.5 Å². The number of likely N-dealkylation sites (N-methyl/N-ethyl adjacent to an activating group) is 1. The van der Waals surface area contributed by atoms with Gasteiger partial charge in [0.1, 0.15) is 6.04 Å². The summed E-state index contributed by atoms with van der Waals surface area (Å²) in [6.07, 6.45) is 4.42. The first-order chi connectivity index (χ1) is 9.13. The van der Waals surface area contributed by atoms with E-state index in [1.165, 1.54) is 0 Å². The van der Waals surface area contributed by atoms with Crippen molar-refractivity contribution in [3.63, 3.8) is 0 Å². The monoisotopic (exact) mass is 263 g/mol. The molecule has 0 aliphatic carbocycles. The normalized spacial score (nSPS) is 25.4. The molecule has 19 heavy (non-hydrogen) atoms. The molecule has 0 saturated carbocycles. The van der Waals surface area contributed by atoms with E-state index in [0.717, 1.165) is 18.5 Å². The van der Waals surface area contributed by atoms with E-state index in [-0.39, 0.29) is 18.6 Å². The molecule has 5 nitrogen and oxygen atoms in total. The molecule has 2 rings (SSSR count). The molecule has 5 heteroatoms.